The fourth-order valence-electron chi connectivity index (χ4n) is 2.62. The molecule has 1 aliphatic rings. The molecule has 1 N–H and O–H groups in total. The maximum absolute atomic E-state index is 11.9. The first kappa shape index (κ1) is 13.7. The highest BCUT2D eigenvalue weighted by atomic mass is 16.5. The summed E-state index contributed by atoms with van der Waals surface area (Å²) < 4.78 is 8.55. The Hall–Kier alpha value is -2.22. The van der Waals surface area contributed by atoms with Crippen LogP contribution in [0.2, 0.25) is 0 Å². The molecule has 0 spiro atoms. The Labute approximate surface area is 122 Å². The van der Waals surface area contributed by atoms with Crippen LogP contribution in [0.5, 0.6) is 0 Å². The van der Waals surface area contributed by atoms with E-state index in [2.05, 4.69) is 20.6 Å². The van der Waals surface area contributed by atoms with Crippen molar-refractivity contribution in [2.75, 3.05) is 13.7 Å². The number of methoxy groups -OCH3 is 1. The highest BCUT2D eigenvalue weighted by Crippen LogP contribution is 2.25. The van der Waals surface area contributed by atoms with Crippen LogP contribution < -0.4 is 5.32 Å². The second-order valence-electron chi connectivity index (χ2n) is 4.99. The van der Waals surface area contributed by atoms with E-state index in [9.17, 15) is 4.79 Å². The Balaban J connectivity index is 1.84. The van der Waals surface area contributed by atoms with Gasteiger partial charge < -0.3 is 14.6 Å². The molecule has 0 radical (unpaired) electrons. The summed E-state index contributed by atoms with van der Waals surface area (Å²) in [6, 6.07) is 0.108. The molecule has 1 atom stereocenters. The molecule has 3 rings (SSSR count). The zero-order chi connectivity index (χ0) is 14.7. The van der Waals surface area contributed by atoms with Crippen LogP contribution in [0.15, 0.2) is 18.7 Å². The zero-order valence-corrected chi connectivity index (χ0v) is 11.9. The summed E-state index contributed by atoms with van der Waals surface area (Å²) in [6.45, 7) is 2.30. The lowest BCUT2D eigenvalue weighted by Crippen LogP contribution is -2.21. The summed E-state index contributed by atoms with van der Waals surface area (Å²) in [7, 11) is 1.36. The van der Waals surface area contributed by atoms with Crippen molar-refractivity contribution < 1.29 is 9.53 Å². The van der Waals surface area contributed by atoms with E-state index < -0.39 is 5.97 Å². The van der Waals surface area contributed by atoms with Gasteiger partial charge in [-0.15, -0.1) is 5.10 Å². The minimum absolute atomic E-state index is 0.108. The van der Waals surface area contributed by atoms with Gasteiger partial charge in [-0.05, 0) is 19.4 Å². The fourth-order valence-corrected chi connectivity index (χ4v) is 2.62. The van der Waals surface area contributed by atoms with Crippen molar-refractivity contribution in [1.82, 2.24) is 29.9 Å². The summed E-state index contributed by atoms with van der Waals surface area (Å²) in [5.41, 5.74) is 1.13. The molecule has 0 aliphatic carbocycles. The molecule has 1 unspecified atom stereocenters. The number of rotatable bonds is 5. The summed E-state index contributed by atoms with van der Waals surface area (Å²) in [5, 5.41) is 11.5. The Morgan fingerprint density at radius 2 is 2.43 bits per heavy atom. The average Bonchev–Trinajstić information content (AvgIpc) is 3.22. The highest BCUT2D eigenvalue weighted by molar-refractivity contribution is 5.88. The third-order valence-corrected chi connectivity index (χ3v) is 3.67. The van der Waals surface area contributed by atoms with Crippen molar-refractivity contribution >= 4 is 5.97 Å². The summed E-state index contributed by atoms with van der Waals surface area (Å²) >= 11 is 0. The normalized spacial score (nSPS) is 18.0. The Morgan fingerprint density at radius 1 is 1.52 bits per heavy atom. The van der Waals surface area contributed by atoms with Gasteiger partial charge in [0.15, 0.2) is 5.69 Å². The van der Waals surface area contributed by atoms with Crippen LogP contribution >= 0.6 is 0 Å². The number of esters is 1. The van der Waals surface area contributed by atoms with Crippen LogP contribution in [0.3, 0.4) is 0 Å². The number of aromatic nitrogens is 5. The van der Waals surface area contributed by atoms with E-state index in [-0.39, 0.29) is 6.04 Å². The largest absolute Gasteiger partial charge is 0.464 e. The van der Waals surface area contributed by atoms with E-state index in [1.54, 1.807) is 17.2 Å². The Kier molecular flexibility index (Phi) is 3.96. The van der Waals surface area contributed by atoms with E-state index in [0.717, 1.165) is 31.6 Å². The number of imidazole rings is 1. The average molecular weight is 290 g/mol. The van der Waals surface area contributed by atoms with E-state index in [4.69, 9.17) is 4.74 Å². The lowest BCUT2D eigenvalue weighted by atomic mass is 10.1. The number of nitrogens with zero attached hydrogens (tertiary/aromatic N) is 5. The molecule has 1 fully saturated rings. The molecule has 21 heavy (non-hydrogen) atoms. The van der Waals surface area contributed by atoms with E-state index in [1.807, 2.05) is 10.8 Å². The van der Waals surface area contributed by atoms with Crippen LogP contribution in [-0.4, -0.2) is 44.2 Å². The molecule has 112 valence electrons. The molecule has 8 heteroatoms. The van der Waals surface area contributed by atoms with E-state index in [0.29, 0.717) is 12.2 Å². The molecule has 0 saturated carbocycles. The molecular formula is C13H18N6O2. The van der Waals surface area contributed by atoms with Gasteiger partial charge in [-0.1, -0.05) is 5.21 Å². The Morgan fingerprint density at radius 3 is 3.10 bits per heavy atom. The summed E-state index contributed by atoms with van der Waals surface area (Å²) in [4.78, 5) is 15.9. The molecule has 2 aromatic rings. The first-order valence-electron chi connectivity index (χ1n) is 7.00. The summed E-state index contributed by atoms with van der Waals surface area (Å²) in [6.07, 6.45) is 7.44. The van der Waals surface area contributed by atoms with Gasteiger partial charge in [-0.2, -0.15) is 0 Å². The van der Waals surface area contributed by atoms with Crippen molar-refractivity contribution in [2.24, 2.45) is 0 Å². The van der Waals surface area contributed by atoms with Gasteiger partial charge in [0.1, 0.15) is 0 Å². The zero-order valence-electron chi connectivity index (χ0n) is 11.9. The van der Waals surface area contributed by atoms with Gasteiger partial charge in [0, 0.05) is 18.9 Å². The van der Waals surface area contributed by atoms with Crippen LogP contribution in [0.25, 0.3) is 0 Å². The van der Waals surface area contributed by atoms with Gasteiger partial charge in [-0.3, -0.25) is 0 Å². The molecule has 1 saturated heterocycles. The Bertz CT molecular complexity index is 600. The third kappa shape index (κ3) is 2.80. The van der Waals surface area contributed by atoms with Crippen LogP contribution in [-0.2, 0) is 17.8 Å². The lowest BCUT2D eigenvalue weighted by Gasteiger charge is -2.14. The molecule has 1 aliphatic heterocycles. The van der Waals surface area contributed by atoms with Gasteiger partial charge >= 0.3 is 5.97 Å². The standard InChI is InChI=1S/C13H18N6O2/c1-21-13(20)11-12(10-3-2-4-15-10)19(17-16-11)8-7-18-6-5-14-9-18/h5-6,9-10,15H,2-4,7-8H2,1H3. The molecule has 8 nitrogen and oxygen atoms in total. The molecule has 0 aromatic carbocycles. The number of hydrogen-bond donors (Lipinski definition) is 1. The predicted molar refractivity (Wildman–Crippen MR) is 73.6 cm³/mol. The molecule has 0 bridgehead atoms. The van der Waals surface area contributed by atoms with E-state index in [1.165, 1.54) is 7.11 Å². The first-order valence-corrected chi connectivity index (χ1v) is 7.00. The maximum Gasteiger partial charge on any atom is 0.360 e. The van der Waals surface area contributed by atoms with Gasteiger partial charge in [-0.25, -0.2) is 14.5 Å². The van der Waals surface area contributed by atoms with Gasteiger partial charge in [0.05, 0.1) is 31.7 Å². The highest BCUT2D eigenvalue weighted by Gasteiger charge is 2.28. The number of hydrogen-bond acceptors (Lipinski definition) is 6. The van der Waals surface area contributed by atoms with Crippen molar-refractivity contribution in [2.45, 2.75) is 32.0 Å². The number of carbonyl (C=O) groups excluding carboxylic acids is 1. The van der Waals surface area contributed by atoms with Crippen molar-refractivity contribution in [3.63, 3.8) is 0 Å². The smallest absolute Gasteiger partial charge is 0.360 e. The molecule has 2 aromatic heterocycles. The van der Waals surface area contributed by atoms with Crippen LogP contribution in [0.4, 0.5) is 0 Å². The topological polar surface area (TPSA) is 86.9 Å². The number of aryl methyl sites for hydroxylation is 2. The molecular weight excluding hydrogens is 272 g/mol. The van der Waals surface area contributed by atoms with Crippen LogP contribution in [0, 0.1) is 0 Å². The fraction of sp³-hybridized carbons (Fsp3) is 0.538. The minimum Gasteiger partial charge on any atom is -0.464 e. The second-order valence-corrected chi connectivity index (χ2v) is 4.99. The van der Waals surface area contributed by atoms with Crippen molar-refractivity contribution in [3.05, 3.63) is 30.1 Å². The number of carbonyl (C=O) groups is 1. The molecule has 0 amide bonds. The number of ether oxygens (including phenoxy) is 1. The SMILES string of the molecule is COC(=O)c1nnn(CCn2ccnc2)c1C1CCCN1. The monoisotopic (exact) mass is 290 g/mol. The van der Waals surface area contributed by atoms with E-state index >= 15 is 0 Å². The van der Waals surface area contributed by atoms with Crippen LogP contribution in [0.1, 0.15) is 35.1 Å². The first-order chi connectivity index (χ1) is 10.3. The number of nitrogens with one attached hydrogen (secondary N) is 1. The predicted octanol–water partition coefficient (Wildman–Crippen LogP) is 0.386. The maximum atomic E-state index is 11.9. The minimum atomic E-state index is -0.437. The summed E-state index contributed by atoms with van der Waals surface area (Å²) in [5.74, 6) is -0.437. The third-order valence-electron chi connectivity index (χ3n) is 3.67. The van der Waals surface area contributed by atoms with Crippen molar-refractivity contribution in [3.8, 4) is 0 Å². The van der Waals surface area contributed by atoms with Gasteiger partial charge in [0.25, 0.3) is 0 Å². The second kappa shape index (κ2) is 6.04. The lowest BCUT2D eigenvalue weighted by molar-refractivity contribution is 0.0591. The van der Waals surface area contributed by atoms with Crippen molar-refractivity contribution in [1.29, 1.82) is 0 Å². The quantitative estimate of drug-likeness (QED) is 0.801. The van der Waals surface area contributed by atoms with Gasteiger partial charge in [0.2, 0.25) is 0 Å². The molecule has 3 heterocycles.